The summed E-state index contributed by atoms with van der Waals surface area (Å²) in [4.78, 5) is 7.88. The van der Waals surface area contributed by atoms with Crippen molar-refractivity contribution >= 4 is 17.7 Å². The van der Waals surface area contributed by atoms with Crippen molar-refractivity contribution in [2.75, 3.05) is 39.0 Å². The highest BCUT2D eigenvalue weighted by Gasteiger charge is 2.22. The zero-order valence-electron chi connectivity index (χ0n) is 14.0. The first-order valence-electron chi connectivity index (χ1n) is 8.30. The van der Waals surface area contributed by atoms with Gasteiger partial charge in [0.15, 0.2) is 5.96 Å². The van der Waals surface area contributed by atoms with E-state index in [4.69, 9.17) is 0 Å². The molecule has 0 amide bonds. The van der Waals surface area contributed by atoms with Gasteiger partial charge in [-0.05, 0) is 50.2 Å². The summed E-state index contributed by atoms with van der Waals surface area (Å²) in [7, 11) is 1.80. The van der Waals surface area contributed by atoms with Crippen LogP contribution in [-0.2, 0) is 0 Å². The molecule has 1 aliphatic heterocycles. The van der Waals surface area contributed by atoms with Crippen LogP contribution >= 0.6 is 11.8 Å². The molecule has 1 saturated heterocycles. The van der Waals surface area contributed by atoms with Crippen molar-refractivity contribution < 1.29 is 4.39 Å². The lowest BCUT2D eigenvalue weighted by molar-refractivity contribution is 0.267. The molecule has 1 unspecified atom stereocenters. The van der Waals surface area contributed by atoms with Gasteiger partial charge in [-0.2, -0.15) is 0 Å². The molecule has 0 radical (unpaired) electrons. The summed E-state index contributed by atoms with van der Waals surface area (Å²) in [5.41, 5.74) is 0. The number of likely N-dealkylation sites (tertiary alicyclic amines) is 1. The zero-order chi connectivity index (χ0) is 16.5. The molecule has 1 aliphatic rings. The number of benzene rings is 1. The first-order valence-corrected chi connectivity index (χ1v) is 9.28. The Labute approximate surface area is 142 Å². The van der Waals surface area contributed by atoms with E-state index in [2.05, 4.69) is 27.4 Å². The summed E-state index contributed by atoms with van der Waals surface area (Å²) in [5, 5.41) is 6.75. The molecule has 6 heteroatoms. The quantitative estimate of drug-likeness (QED) is 0.347. The van der Waals surface area contributed by atoms with Gasteiger partial charge in [-0.25, -0.2) is 4.39 Å². The summed E-state index contributed by atoms with van der Waals surface area (Å²) in [6.45, 7) is 6.32. The Morgan fingerprint density at radius 3 is 2.83 bits per heavy atom. The average molecular weight is 338 g/mol. The fourth-order valence-corrected chi connectivity index (χ4v) is 3.62. The second-order valence-electron chi connectivity index (χ2n) is 5.61. The molecule has 0 aromatic heterocycles. The van der Waals surface area contributed by atoms with Crippen molar-refractivity contribution in [3.05, 3.63) is 30.1 Å². The highest BCUT2D eigenvalue weighted by atomic mass is 32.2. The van der Waals surface area contributed by atoms with Gasteiger partial charge in [0.05, 0.1) is 0 Å². The van der Waals surface area contributed by atoms with Gasteiger partial charge >= 0.3 is 0 Å². The Morgan fingerprint density at radius 2 is 2.13 bits per heavy atom. The van der Waals surface area contributed by atoms with Crippen LogP contribution in [0.15, 0.2) is 34.2 Å². The number of nitrogens with zero attached hydrogens (tertiary/aromatic N) is 2. The van der Waals surface area contributed by atoms with E-state index in [-0.39, 0.29) is 5.82 Å². The number of thioether (sulfide) groups is 1. The van der Waals surface area contributed by atoms with Crippen molar-refractivity contribution in [3.8, 4) is 0 Å². The number of aliphatic imine (C=N–C) groups is 1. The molecule has 4 nitrogen and oxygen atoms in total. The second-order valence-corrected chi connectivity index (χ2v) is 6.78. The Kier molecular flexibility index (Phi) is 7.68. The van der Waals surface area contributed by atoms with Crippen LogP contribution in [0.2, 0.25) is 0 Å². The van der Waals surface area contributed by atoms with Gasteiger partial charge in [0.2, 0.25) is 0 Å². The van der Waals surface area contributed by atoms with E-state index < -0.39 is 0 Å². The zero-order valence-corrected chi connectivity index (χ0v) is 14.8. The maximum Gasteiger partial charge on any atom is 0.191 e. The predicted octanol–water partition coefficient (Wildman–Crippen LogP) is 2.57. The van der Waals surface area contributed by atoms with Crippen molar-refractivity contribution in [3.63, 3.8) is 0 Å². The normalized spacial score (nSPS) is 19.1. The topological polar surface area (TPSA) is 39.7 Å². The van der Waals surface area contributed by atoms with Crippen LogP contribution in [0.5, 0.6) is 0 Å². The SMILES string of the molecule is CCN1CCCC1CNC(=NC)NCCSc1ccc(F)cc1. The fourth-order valence-electron chi connectivity index (χ4n) is 2.85. The minimum absolute atomic E-state index is 0.190. The minimum atomic E-state index is -0.190. The maximum atomic E-state index is 12.8. The summed E-state index contributed by atoms with van der Waals surface area (Å²) in [6.07, 6.45) is 2.55. The predicted molar refractivity (Wildman–Crippen MR) is 96.8 cm³/mol. The third-order valence-electron chi connectivity index (χ3n) is 4.11. The molecule has 2 N–H and O–H groups in total. The number of hydrogen-bond donors (Lipinski definition) is 2. The Balaban J connectivity index is 1.64. The van der Waals surface area contributed by atoms with Crippen molar-refractivity contribution in [2.24, 2.45) is 4.99 Å². The van der Waals surface area contributed by atoms with Gasteiger partial charge in [0.1, 0.15) is 5.82 Å². The van der Waals surface area contributed by atoms with Gasteiger partial charge in [-0.3, -0.25) is 9.89 Å². The second kappa shape index (κ2) is 9.78. The largest absolute Gasteiger partial charge is 0.356 e. The van der Waals surface area contributed by atoms with E-state index in [0.717, 1.165) is 36.2 Å². The van der Waals surface area contributed by atoms with E-state index in [1.54, 1.807) is 18.8 Å². The molecular formula is C17H27FN4S. The lowest BCUT2D eigenvalue weighted by Gasteiger charge is -2.23. The van der Waals surface area contributed by atoms with E-state index in [0.29, 0.717) is 6.04 Å². The standard InChI is InChI=1S/C17H27FN4S/c1-3-22-11-4-5-15(22)13-21-17(19-2)20-10-12-23-16-8-6-14(18)7-9-16/h6-9,15H,3-5,10-13H2,1-2H3,(H2,19,20,21). The third kappa shape index (κ3) is 6.03. The van der Waals surface area contributed by atoms with Crippen LogP contribution in [0.1, 0.15) is 19.8 Å². The first-order chi connectivity index (χ1) is 11.2. The number of guanidine groups is 1. The third-order valence-corrected chi connectivity index (χ3v) is 5.12. The molecule has 2 rings (SSSR count). The molecule has 0 aliphatic carbocycles. The molecule has 23 heavy (non-hydrogen) atoms. The Hall–Kier alpha value is -1.27. The lowest BCUT2D eigenvalue weighted by Crippen LogP contribution is -2.45. The van der Waals surface area contributed by atoms with Gasteiger partial charge in [0.25, 0.3) is 0 Å². The van der Waals surface area contributed by atoms with Crippen molar-refractivity contribution in [1.82, 2.24) is 15.5 Å². The highest BCUT2D eigenvalue weighted by molar-refractivity contribution is 7.99. The summed E-state index contributed by atoms with van der Waals surface area (Å²) in [5.74, 6) is 1.58. The number of hydrogen-bond acceptors (Lipinski definition) is 3. The van der Waals surface area contributed by atoms with Crippen LogP contribution in [0, 0.1) is 5.82 Å². The van der Waals surface area contributed by atoms with Gasteiger partial charge in [-0.1, -0.05) is 6.92 Å². The van der Waals surface area contributed by atoms with E-state index in [9.17, 15) is 4.39 Å². The molecule has 0 spiro atoms. The minimum Gasteiger partial charge on any atom is -0.356 e. The summed E-state index contributed by atoms with van der Waals surface area (Å²) < 4.78 is 12.8. The Morgan fingerprint density at radius 1 is 1.35 bits per heavy atom. The van der Waals surface area contributed by atoms with Crippen LogP contribution in [-0.4, -0.2) is 55.9 Å². The maximum absolute atomic E-state index is 12.8. The van der Waals surface area contributed by atoms with Gasteiger partial charge in [0, 0.05) is 36.8 Å². The van der Waals surface area contributed by atoms with Crippen LogP contribution in [0.25, 0.3) is 0 Å². The monoisotopic (exact) mass is 338 g/mol. The first kappa shape index (κ1) is 18.1. The molecule has 1 atom stereocenters. The lowest BCUT2D eigenvalue weighted by atomic mass is 10.2. The molecule has 0 bridgehead atoms. The van der Waals surface area contributed by atoms with Gasteiger partial charge < -0.3 is 10.6 Å². The van der Waals surface area contributed by atoms with Crippen LogP contribution in [0.4, 0.5) is 4.39 Å². The molecule has 0 saturated carbocycles. The molecule has 1 fully saturated rings. The molecule has 128 valence electrons. The molecule has 1 aromatic carbocycles. The fraction of sp³-hybridized carbons (Fsp3) is 0.588. The number of rotatable bonds is 7. The van der Waals surface area contributed by atoms with Crippen molar-refractivity contribution in [1.29, 1.82) is 0 Å². The van der Waals surface area contributed by atoms with Crippen LogP contribution in [0.3, 0.4) is 0 Å². The van der Waals surface area contributed by atoms with E-state index in [1.165, 1.54) is 31.5 Å². The highest BCUT2D eigenvalue weighted by Crippen LogP contribution is 2.17. The number of halogens is 1. The van der Waals surface area contributed by atoms with E-state index in [1.807, 2.05) is 12.1 Å². The number of nitrogens with one attached hydrogen (secondary N) is 2. The average Bonchev–Trinajstić information content (AvgIpc) is 3.03. The van der Waals surface area contributed by atoms with Crippen molar-refractivity contribution in [2.45, 2.75) is 30.7 Å². The van der Waals surface area contributed by atoms with E-state index >= 15 is 0 Å². The Bertz CT molecular complexity index is 492. The van der Waals surface area contributed by atoms with Crippen LogP contribution < -0.4 is 10.6 Å². The smallest absolute Gasteiger partial charge is 0.191 e. The molecule has 1 aromatic rings. The summed E-state index contributed by atoms with van der Waals surface area (Å²) >= 11 is 1.71. The molecular weight excluding hydrogens is 311 g/mol. The summed E-state index contributed by atoms with van der Waals surface area (Å²) in [6, 6.07) is 7.24. The van der Waals surface area contributed by atoms with Gasteiger partial charge in [-0.15, -0.1) is 11.8 Å². The number of likely N-dealkylation sites (N-methyl/N-ethyl adjacent to an activating group) is 1. The molecule has 1 heterocycles.